The van der Waals surface area contributed by atoms with Crippen LogP contribution in [-0.4, -0.2) is 33.6 Å². The minimum absolute atomic E-state index is 0.115. The Kier molecular flexibility index (Phi) is 3.10. The van der Waals surface area contributed by atoms with Gasteiger partial charge in [0.25, 0.3) is 5.91 Å². The van der Waals surface area contributed by atoms with Crippen molar-refractivity contribution in [1.29, 1.82) is 0 Å². The molecule has 18 heavy (non-hydrogen) atoms. The van der Waals surface area contributed by atoms with Gasteiger partial charge in [-0.05, 0) is 44.6 Å². The maximum Gasteiger partial charge on any atom is 0.274 e. The van der Waals surface area contributed by atoms with E-state index in [1.807, 2.05) is 11.0 Å². The van der Waals surface area contributed by atoms with Crippen LogP contribution in [0, 0.1) is 0 Å². The Labute approximate surface area is 108 Å². The van der Waals surface area contributed by atoms with Crippen LogP contribution in [0.1, 0.15) is 67.5 Å². The van der Waals surface area contributed by atoms with Crippen molar-refractivity contribution < 1.29 is 4.79 Å². The van der Waals surface area contributed by atoms with Gasteiger partial charge in [-0.3, -0.25) is 9.89 Å². The number of H-pyrrole nitrogens is 1. The van der Waals surface area contributed by atoms with Crippen molar-refractivity contribution >= 4 is 5.91 Å². The maximum atomic E-state index is 12.5. The molecule has 1 aliphatic heterocycles. The van der Waals surface area contributed by atoms with E-state index in [0.717, 1.165) is 31.5 Å². The highest BCUT2D eigenvalue weighted by atomic mass is 16.2. The van der Waals surface area contributed by atoms with Crippen molar-refractivity contribution in [2.24, 2.45) is 0 Å². The van der Waals surface area contributed by atoms with Crippen LogP contribution in [0.2, 0.25) is 0 Å². The topological polar surface area (TPSA) is 49.0 Å². The van der Waals surface area contributed by atoms with Crippen LogP contribution < -0.4 is 0 Å². The third-order valence-corrected chi connectivity index (χ3v) is 4.19. The molecule has 1 saturated heterocycles. The summed E-state index contributed by atoms with van der Waals surface area (Å²) in [6.45, 7) is 3.05. The van der Waals surface area contributed by atoms with E-state index in [1.54, 1.807) is 0 Å². The van der Waals surface area contributed by atoms with Gasteiger partial charge in [-0.15, -0.1) is 0 Å². The number of rotatable bonds is 3. The van der Waals surface area contributed by atoms with Crippen LogP contribution in [0.5, 0.6) is 0 Å². The molecule has 4 heteroatoms. The zero-order valence-corrected chi connectivity index (χ0v) is 11.0. The number of aromatic nitrogens is 2. The molecule has 2 fully saturated rings. The SMILES string of the molecule is CCC1CCCCN1C(=O)c1cc(C2CC2)[nH]n1. The average Bonchev–Trinajstić information content (AvgIpc) is 3.16. The largest absolute Gasteiger partial charge is 0.334 e. The molecule has 4 nitrogen and oxygen atoms in total. The van der Waals surface area contributed by atoms with E-state index in [4.69, 9.17) is 0 Å². The van der Waals surface area contributed by atoms with E-state index in [-0.39, 0.29) is 5.91 Å². The number of piperidine rings is 1. The van der Waals surface area contributed by atoms with E-state index in [2.05, 4.69) is 17.1 Å². The molecule has 1 aliphatic carbocycles. The summed E-state index contributed by atoms with van der Waals surface area (Å²) < 4.78 is 0. The van der Waals surface area contributed by atoms with Crippen molar-refractivity contribution in [3.63, 3.8) is 0 Å². The molecule has 3 rings (SSSR count). The second kappa shape index (κ2) is 4.75. The summed E-state index contributed by atoms with van der Waals surface area (Å²) in [5, 5.41) is 7.23. The zero-order valence-electron chi connectivity index (χ0n) is 11.0. The molecule has 2 aliphatic rings. The van der Waals surface area contributed by atoms with Crippen molar-refractivity contribution in [3.05, 3.63) is 17.5 Å². The smallest absolute Gasteiger partial charge is 0.274 e. The fourth-order valence-electron chi connectivity index (χ4n) is 2.89. The van der Waals surface area contributed by atoms with Crippen LogP contribution >= 0.6 is 0 Å². The lowest BCUT2D eigenvalue weighted by Gasteiger charge is -2.34. The molecule has 2 heterocycles. The second-order valence-electron chi connectivity index (χ2n) is 5.54. The van der Waals surface area contributed by atoms with Gasteiger partial charge in [-0.1, -0.05) is 6.92 Å². The Bertz CT molecular complexity index is 436. The molecule has 1 aromatic rings. The van der Waals surface area contributed by atoms with Gasteiger partial charge < -0.3 is 4.90 Å². The van der Waals surface area contributed by atoms with Crippen molar-refractivity contribution in [3.8, 4) is 0 Å². The van der Waals surface area contributed by atoms with Crippen LogP contribution in [0.15, 0.2) is 6.07 Å². The van der Waals surface area contributed by atoms with E-state index < -0.39 is 0 Å². The molecule has 0 radical (unpaired) electrons. The molecule has 0 spiro atoms. The van der Waals surface area contributed by atoms with Crippen molar-refractivity contribution in [2.45, 2.75) is 57.4 Å². The molecular weight excluding hydrogens is 226 g/mol. The fraction of sp³-hybridized carbons (Fsp3) is 0.714. The number of nitrogens with zero attached hydrogens (tertiary/aromatic N) is 2. The first kappa shape index (κ1) is 11.8. The molecule has 1 atom stereocenters. The van der Waals surface area contributed by atoms with Gasteiger partial charge in [-0.25, -0.2) is 0 Å². The number of hydrogen-bond acceptors (Lipinski definition) is 2. The quantitative estimate of drug-likeness (QED) is 0.892. The molecule has 0 bridgehead atoms. The monoisotopic (exact) mass is 247 g/mol. The number of nitrogens with one attached hydrogen (secondary N) is 1. The van der Waals surface area contributed by atoms with Gasteiger partial charge in [0.2, 0.25) is 0 Å². The Hall–Kier alpha value is -1.32. The minimum Gasteiger partial charge on any atom is -0.334 e. The Balaban J connectivity index is 1.74. The van der Waals surface area contributed by atoms with E-state index in [9.17, 15) is 4.79 Å². The van der Waals surface area contributed by atoms with Gasteiger partial charge in [0.1, 0.15) is 5.69 Å². The van der Waals surface area contributed by atoms with Crippen LogP contribution in [0.4, 0.5) is 0 Å². The zero-order chi connectivity index (χ0) is 12.5. The van der Waals surface area contributed by atoms with Crippen LogP contribution in [0.25, 0.3) is 0 Å². The Morgan fingerprint density at radius 3 is 3.00 bits per heavy atom. The fourth-order valence-corrected chi connectivity index (χ4v) is 2.89. The van der Waals surface area contributed by atoms with E-state index >= 15 is 0 Å². The lowest BCUT2D eigenvalue weighted by molar-refractivity contribution is 0.0602. The maximum absolute atomic E-state index is 12.5. The minimum atomic E-state index is 0.115. The predicted molar refractivity (Wildman–Crippen MR) is 69.5 cm³/mol. The summed E-state index contributed by atoms with van der Waals surface area (Å²) in [6.07, 6.45) is 7.03. The van der Waals surface area contributed by atoms with Crippen LogP contribution in [-0.2, 0) is 0 Å². The second-order valence-corrected chi connectivity index (χ2v) is 5.54. The molecular formula is C14H21N3O. The highest BCUT2D eigenvalue weighted by molar-refractivity contribution is 5.92. The molecule has 1 N–H and O–H groups in total. The summed E-state index contributed by atoms with van der Waals surface area (Å²) in [4.78, 5) is 14.5. The van der Waals surface area contributed by atoms with Crippen LogP contribution in [0.3, 0.4) is 0 Å². The van der Waals surface area contributed by atoms with E-state index in [0.29, 0.717) is 17.7 Å². The van der Waals surface area contributed by atoms with Gasteiger partial charge in [0.05, 0.1) is 0 Å². The van der Waals surface area contributed by atoms with Gasteiger partial charge in [0, 0.05) is 24.2 Å². The third-order valence-electron chi connectivity index (χ3n) is 4.19. The first-order valence-electron chi connectivity index (χ1n) is 7.16. The van der Waals surface area contributed by atoms with Gasteiger partial charge in [0.15, 0.2) is 0 Å². The third kappa shape index (κ3) is 2.16. The number of carbonyl (C=O) groups excluding carboxylic acids is 1. The van der Waals surface area contributed by atoms with Crippen molar-refractivity contribution in [2.75, 3.05) is 6.54 Å². The number of likely N-dealkylation sites (tertiary alicyclic amines) is 1. The highest BCUT2D eigenvalue weighted by Crippen LogP contribution is 2.39. The summed E-state index contributed by atoms with van der Waals surface area (Å²) >= 11 is 0. The lowest BCUT2D eigenvalue weighted by atomic mass is 9.99. The Morgan fingerprint density at radius 1 is 1.44 bits per heavy atom. The molecule has 1 amide bonds. The summed E-state index contributed by atoms with van der Waals surface area (Å²) in [5.74, 6) is 0.743. The summed E-state index contributed by atoms with van der Waals surface area (Å²) in [6, 6.07) is 2.37. The van der Waals surface area contributed by atoms with E-state index in [1.165, 1.54) is 19.3 Å². The van der Waals surface area contributed by atoms with Gasteiger partial charge >= 0.3 is 0 Å². The molecule has 1 aromatic heterocycles. The van der Waals surface area contributed by atoms with Crippen molar-refractivity contribution in [1.82, 2.24) is 15.1 Å². The number of carbonyl (C=O) groups is 1. The first-order chi connectivity index (χ1) is 8.79. The number of amides is 1. The molecule has 1 saturated carbocycles. The molecule has 0 aromatic carbocycles. The standard InChI is InChI=1S/C14H21N3O/c1-2-11-5-3-4-8-17(11)14(18)13-9-12(15-16-13)10-6-7-10/h9-11H,2-8H2,1H3,(H,15,16). The lowest BCUT2D eigenvalue weighted by Crippen LogP contribution is -2.43. The average molecular weight is 247 g/mol. The summed E-state index contributed by atoms with van der Waals surface area (Å²) in [7, 11) is 0. The highest BCUT2D eigenvalue weighted by Gasteiger charge is 2.30. The number of hydrogen-bond donors (Lipinski definition) is 1. The molecule has 1 unspecified atom stereocenters. The van der Waals surface area contributed by atoms with Gasteiger partial charge in [-0.2, -0.15) is 5.10 Å². The normalized spacial score (nSPS) is 24.3. The predicted octanol–water partition coefficient (Wildman–Crippen LogP) is 2.69. The summed E-state index contributed by atoms with van der Waals surface area (Å²) in [5.41, 5.74) is 1.75. The Morgan fingerprint density at radius 2 is 2.28 bits per heavy atom. The first-order valence-corrected chi connectivity index (χ1v) is 7.16. The number of aromatic amines is 1. The molecule has 98 valence electrons.